The van der Waals surface area contributed by atoms with Crippen LogP contribution in [-0.4, -0.2) is 47.3 Å². The second kappa shape index (κ2) is 9.72. The zero-order valence-electron chi connectivity index (χ0n) is 18.7. The first kappa shape index (κ1) is 21.6. The number of ether oxygens (including phenoxy) is 1. The van der Waals surface area contributed by atoms with E-state index in [1.165, 1.54) is 0 Å². The Labute approximate surface area is 196 Å². The van der Waals surface area contributed by atoms with Gasteiger partial charge in [-0.1, -0.05) is 35.5 Å². The quantitative estimate of drug-likeness (QED) is 0.443. The van der Waals surface area contributed by atoms with Crippen LogP contribution in [-0.2, 0) is 4.74 Å². The van der Waals surface area contributed by atoms with E-state index < -0.39 is 0 Å². The van der Waals surface area contributed by atoms with Crippen molar-refractivity contribution in [1.29, 1.82) is 0 Å². The van der Waals surface area contributed by atoms with Crippen molar-refractivity contribution in [2.24, 2.45) is 0 Å². The van der Waals surface area contributed by atoms with Gasteiger partial charge in [0.15, 0.2) is 11.5 Å². The molecule has 1 aliphatic heterocycles. The number of rotatable bonds is 6. The third-order valence-corrected chi connectivity index (χ3v) is 5.38. The van der Waals surface area contributed by atoms with Crippen LogP contribution >= 0.6 is 0 Å². The SMILES string of the molecule is Cc1nc(Nc2ccc(NC(=O)c3cc(-c4ccccc4)on3)cc2)cc(N2CCOCC2)n1. The summed E-state index contributed by atoms with van der Waals surface area (Å²) in [6, 6.07) is 20.5. The summed E-state index contributed by atoms with van der Waals surface area (Å²) in [5.41, 5.74) is 2.57. The molecule has 1 amide bonds. The van der Waals surface area contributed by atoms with Gasteiger partial charge in [-0.25, -0.2) is 9.97 Å². The molecule has 3 heterocycles. The van der Waals surface area contributed by atoms with Crippen LogP contribution in [0.5, 0.6) is 0 Å². The number of carbonyl (C=O) groups excluding carboxylic acids is 1. The molecule has 0 radical (unpaired) electrons. The smallest absolute Gasteiger partial charge is 0.277 e. The minimum absolute atomic E-state index is 0.216. The van der Waals surface area contributed by atoms with Gasteiger partial charge in [-0.05, 0) is 31.2 Å². The molecule has 0 atom stereocenters. The Kier molecular flexibility index (Phi) is 6.17. The molecule has 9 heteroatoms. The number of amides is 1. The van der Waals surface area contributed by atoms with Gasteiger partial charge in [-0.15, -0.1) is 0 Å². The van der Waals surface area contributed by atoms with E-state index in [0.717, 1.165) is 30.2 Å². The number of morpholine rings is 1. The Hall–Kier alpha value is -4.24. The first-order valence-corrected chi connectivity index (χ1v) is 11.0. The fourth-order valence-corrected chi connectivity index (χ4v) is 3.67. The van der Waals surface area contributed by atoms with Crippen molar-refractivity contribution in [3.8, 4) is 11.3 Å². The Balaban J connectivity index is 1.23. The van der Waals surface area contributed by atoms with Crippen molar-refractivity contribution in [3.63, 3.8) is 0 Å². The van der Waals surface area contributed by atoms with Crippen LogP contribution in [0.4, 0.5) is 23.0 Å². The van der Waals surface area contributed by atoms with Gasteiger partial charge in [-0.3, -0.25) is 4.79 Å². The van der Waals surface area contributed by atoms with Crippen LogP contribution < -0.4 is 15.5 Å². The highest BCUT2D eigenvalue weighted by molar-refractivity contribution is 6.03. The first-order valence-electron chi connectivity index (χ1n) is 11.0. The number of hydrogen-bond donors (Lipinski definition) is 2. The molecule has 0 saturated carbocycles. The van der Waals surface area contributed by atoms with Crippen LogP contribution in [0, 0.1) is 6.92 Å². The Morgan fingerprint density at radius 1 is 0.941 bits per heavy atom. The number of hydrogen-bond acceptors (Lipinski definition) is 8. The lowest BCUT2D eigenvalue weighted by molar-refractivity contribution is 0.101. The first-order chi connectivity index (χ1) is 16.6. The zero-order valence-corrected chi connectivity index (χ0v) is 18.7. The minimum atomic E-state index is -0.340. The van der Waals surface area contributed by atoms with Gasteiger partial charge in [0, 0.05) is 42.2 Å². The average molecular weight is 457 g/mol. The van der Waals surface area contributed by atoms with E-state index in [1.54, 1.807) is 6.07 Å². The van der Waals surface area contributed by atoms with E-state index in [0.29, 0.717) is 36.3 Å². The molecule has 9 nitrogen and oxygen atoms in total. The van der Waals surface area contributed by atoms with E-state index in [2.05, 4.69) is 30.7 Å². The van der Waals surface area contributed by atoms with Crippen LogP contribution in [0.25, 0.3) is 11.3 Å². The number of aryl methyl sites for hydroxylation is 1. The molecule has 1 saturated heterocycles. The third kappa shape index (κ3) is 5.05. The van der Waals surface area contributed by atoms with Crippen molar-refractivity contribution < 1.29 is 14.1 Å². The van der Waals surface area contributed by atoms with Crippen LogP contribution in [0.2, 0.25) is 0 Å². The largest absolute Gasteiger partial charge is 0.378 e. The molecule has 34 heavy (non-hydrogen) atoms. The molecule has 1 aliphatic rings. The van der Waals surface area contributed by atoms with Gasteiger partial charge in [0.1, 0.15) is 17.5 Å². The Bertz CT molecular complexity index is 1270. The van der Waals surface area contributed by atoms with E-state index >= 15 is 0 Å². The molecule has 0 aliphatic carbocycles. The summed E-state index contributed by atoms with van der Waals surface area (Å²) >= 11 is 0. The van der Waals surface area contributed by atoms with Gasteiger partial charge >= 0.3 is 0 Å². The second-order valence-corrected chi connectivity index (χ2v) is 7.86. The summed E-state index contributed by atoms with van der Waals surface area (Å²) in [5, 5.41) is 10.0. The van der Waals surface area contributed by atoms with E-state index in [4.69, 9.17) is 9.26 Å². The van der Waals surface area contributed by atoms with E-state index in [-0.39, 0.29) is 11.6 Å². The molecule has 0 unspecified atom stereocenters. The lowest BCUT2D eigenvalue weighted by Crippen LogP contribution is -2.36. The van der Waals surface area contributed by atoms with Gasteiger partial charge in [0.2, 0.25) is 0 Å². The predicted octanol–water partition coefficient (Wildman–Crippen LogP) is 4.27. The Morgan fingerprint density at radius 3 is 2.44 bits per heavy atom. The highest BCUT2D eigenvalue weighted by Gasteiger charge is 2.15. The van der Waals surface area contributed by atoms with Crippen molar-refractivity contribution in [2.75, 3.05) is 41.8 Å². The highest BCUT2D eigenvalue weighted by atomic mass is 16.5. The minimum Gasteiger partial charge on any atom is -0.378 e. The fourth-order valence-electron chi connectivity index (χ4n) is 3.67. The van der Waals surface area contributed by atoms with Crippen LogP contribution in [0.1, 0.15) is 16.3 Å². The van der Waals surface area contributed by atoms with Gasteiger partial charge in [0.25, 0.3) is 5.91 Å². The monoisotopic (exact) mass is 456 g/mol. The molecule has 172 valence electrons. The average Bonchev–Trinajstić information content (AvgIpc) is 3.37. The van der Waals surface area contributed by atoms with Gasteiger partial charge in [-0.2, -0.15) is 0 Å². The van der Waals surface area contributed by atoms with Crippen molar-refractivity contribution >= 4 is 28.9 Å². The molecule has 4 aromatic rings. The van der Waals surface area contributed by atoms with Crippen molar-refractivity contribution in [3.05, 3.63) is 78.2 Å². The molecular formula is C25H24N6O3. The van der Waals surface area contributed by atoms with E-state index in [1.807, 2.05) is 67.6 Å². The maximum Gasteiger partial charge on any atom is 0.277 e. The number of aromatic nitrogens is 3. The van der Waals surface area contributed by atoms with E-state index in [9.17, 15) is 4.79 Å². The molecule has 2 aromatic carbocycles. The number of anilines is 4. The summed E-state index contributed by atoms with van der Waals surface area (Å²) in [6.07, 6.45) is 0. The molecule has 2 N–H and O–H groups in total. The zero-order chi connectivity index (χ0) is 23.3. The third-order valence-electron chi connectivity index (χ3n) is 5.38. The maximum atomic E-state index is 12.6. The normalized spacial score (nSPS) is 13.5. The number of nitrogens with zero attached hydrogens (tertiary/aromatic N) is 4. The molecule has 2 aromatic heterocycles. The maximum absolute atomic E-state index is 12.6. The molecular weight excluding hydrogens is 432 g/mol. The molecule has 0 bridgehead atoms. The van der Waals surface area contributed by atoms with Crippen LogP contribution in [0.3, 0.4) is 0 Å². The highest BCUT2D eigenvalue weighted by Crippen LogP contribution is 2.23. The van der Waals surface area contributed by atoms with Crippen LogP contribution in [0.15, 0.2) is 71.3 Å². The lowest BCUT2D eigenvalue weighted by atomic mass is 10.1. The number of nitrogens with one attached hydrogen (secondary N) is 2. The van der Waals surface area contributed by atoms with Gasteiger partial charge < -0.3 is 24.8 Å². The van der Waals surface area contributed by atoms with Crippen molar-refractivity contribution in [1.82, 2.24) is 15.1 Å². The topological polar surface area (TPSA) is 105 Å². The standard InChI is InChI=1S/C25H24N6O3/c1-17-26-23(16-24(27-17)31-11-13-33-14-12-31)28-19-7-9-20(10-8-19)29-25(32)21-15-22(34-30-21)18-5-3-2-4-6-18/h2-10,15-16H,11-14H2,1H3,(H,29,32)(H,26,27,28). The molecule has 1 fully saturated rings. The predicted molar refractivity (Wildman–Crippen MR) is 129 cm³/mol. The second-order valence-electron chi connectivity index (χ2n) is 7.86. The Morgan fingerprint density at radius 2 is 1.68 bits per heavy atom. The summed E-state index contributed by atoms with van der Waals surface area (Å²) in [6.45, 7) is 4.88. The lowest BCUT2D eigenvalue weighted by Gasteiger charge is -2.28. The van der Waals surface area contributed by atoms with Gasteiger partial charge in [0.05, 0.1) is 13.2 Å². The fraction of sp³-hybridized carbons (Fsp3) is 0.200. The summed E-state index contributed by atoms with van der Waals surface area (Å²) in [7, 11) is 0. The summed E-state index contributed by atoms with van der Waals surface area (Å²) < 4.78 is 10.7. The number of carbonyl (C=O) groups is 1. The number of benzene rings is 2. The molecule has 0 spiro atoms. The van der Waals surface area contributed by atoms with Crippen molar-refractivity contribution in [2.45, 2.75) is 6.92 Å². The molecule has 5 rings (SSSR count). The summed E-state index contributed by atoms with van der Waals surface area (Å²) in [5.74, 6) is 2.49. The summed E-state index contributed by atoms with van der Waals surface area (Å²) in [4.78, 5) is 23.8.